The first-order chi connectivity index (χ1) is 9.44. The highest BCUT2D eigenvalue weighted by Gasteiger charge is 2.19. The maximum absolute atomic E-state index is 13.6. The van der Waals surface area contributed by atoms with Crippen molar-refractivity contribution in [2.24, 2.45) is 7.05 Å². The molecule has 6 nitrogen and oxygen atoms in total. The highest BCUT2D eigenvalue weighted by Crippen LogP contribution is 2.16. The molecule has 0 atom stereocenters. The first kappa shape index (κ1) is 14.6. The zero-order valence-corrected chi connectivity index (χ0v) is 11.6. The van der Waals surface area contributed by atoms with Crippen LogP contribution in [-0.4, -0.2) is 23.3 Å². The van der Waals surface area contributed by atoms with E-state index in [4.69, 9.17) is 5.11 Å². The molecular formula is C12H14FN3O3S. The van der Waals surface area contributed by atoms with Crippen LogP contribution in [0.15, 0.2) is 35.4 Å². The Morgan fingerprint density at radius 2 is 2.15 bits per heavy atom. The first-order valence-corrected chi connectivity index (χ1v) is 7.28. The molecule has 0 aliphatic rings. The fraction of sp³-hybridized carbons (Fsp3) is 0.250. The molecule has 0 radical (unpaired) electrons. The van der Waals surface area contributed by atoms with Gasteiger partial charge in [-0.2, -0.15) is 5.10 Å². The van der Waals surface area contributed by atoms with Crippen molar-refractivity contribution in [2.75, 3.05) is 0 Å². The van der Waals surface area contributed by atoms with Crippen molar-refractivity contribution in [3.05, 3.63) is 47.5 Å². The van der Waals surface area contributed by atoms with E-state index in [0.29, 0.717) is 11.3 Å². The predicted octanol–water partition coefficient (Wildman–Crippen LogP) is 0.530. The SMILES string of the molecule is Cn1nccc1CNS(=O)(=O)c1cc(CO)ccc1F. The number of benzene rings is 1. The Morgan fingerprint density at radius 3 is 2.75 bits per heavy atom. The van der Waals surface area contributed by atoms with E-state index in [1.54, 1.807) is 13.1 Å². The molecule has 0 bridgehead atoms. The number of nitrogens with one attached hydrogen (secondary N) is 1. The molecule has 20 heavy (non-hydrogen) atoms. The third-order valence-corrected chi connectivity index (χ3v) is 4.25. The summed E-state index contributed by atoms with van der Waals surface area (Å²) in [6, 6.07) is 5.11. The molecule has 1 aromatic carbocycles. The topological polar surface area (TPSA) is 84.2 Å². The predicted molar refractivity (Wildman–Crippen MR) is 69.6 cm³/mol. The summed E-state index contributed by atoms with van der Waals surface area (Å²) in [5.41, 5.74) is 0.972. The summed E-state index contributed by atoms with van der Waals surface area (Å²) in [4.78, 5) is -0.480. The van der Waals surface area contributed by atoms with Gasteiger partial charge in [-0.15, -0.1) is 0 Å². The van der Waals surface area contributed by atoms with Gasteiger partial charge in [-0.1, -0.05) is 6.07 Å². The van der Waals surface area contributed by atoms with Crippen molar-refractivity contribution < 1.29 is 17.9 Å². The lowest BCUT2D eigenvalue weighted by molar-refractivity contribution is 0.281. The Bertz CT molecular complexity index is 712. The van der Waals surface area contributed by atoms with E-state index >= 15 is 0 Å². The smallest absolute Gasteiger partial charge is 0.243 e. The number of sulfonamides is 1. The lowest BCUT2D eigenvalue weighted by atomic mass is 10.2. The molecule has 1 heterocycles. The zero-order valence-electron chi connectivity index (χ0n) is 10.7. The minimum absolute atomic E-state index is 0.00161. The molecular weight excluding hydrogens is 285 g/mol. The van der Waals surface area contributed by atoms with Crippen molar-refractivity contribution in [3.8, 4) is 0 Å². The molecule has 108 valence electrons. The summed E-state index contributed by atoms with van der Waals surface area (Å²) >= 11 is 0. The van der Waals surface area contributed by atoms with Gasteiger partial charge in [-0.25, -0.2) is 17.5 Å². The molecule has 8 heteroatoms. The van der Waals surface area contributed by atoms with Crippen LogP contribution in [0.25, 0.3) is 0 Å². The number of rotatable bonds is 5. The van der Waals surface area contributed by atoms with Gasteiger partial charge in [0.25, 0.3) is 0 Å². The van der Waals surface area contributed by atoms with E-state index in [-0.39, 0.29) is 13.2 Å². The van der Waals surface area contributed by atoms with Crippen LogP contribution in [0, 0.1) is 5.82 Å². The van der Waals surface area contributed by atoms with Crippen molar-refractivity contribution in [1.29, 1.82) is 0 Å². The van der Waals surface area contributed by atoms with Gasteiger partial charge in [-0.3, -0.25) is 4.68 Å². The van der Waals surface area contributed by atoms with Gasteiger partial charge in [0.2, 0.25) is 10.0 Å². The van der Waals surface area contributed by atoms with Crippen LogP contribution in [0.2, 0.25) is 0 Å². The number of aliphatic hydroxyl groups excluding tert-OH is 1. The highest BCUT2D eigenvalue weighted by molar-refractivity contribution is 7.89. The van der Waals surface area contributed by atoms with E-state index in [2.05, 4.69) is 9.82 Å². The fourth-order valence-electron chi connectivity index (χ4n) is 1.67. The van der Waals surface area contributed by atoms with Crippen molar-refractivity contribution in [3.63, 3.8) is 0 Å². The summed E-state index contributed by atoms with van der Waals surface area (Å²) in [6.07, 6.45) is 1.54. The summed E-state index contributed by atoms with van der Waals surface area (Å²) in [5, 5.41) is 12.9. The van der Waals surface area contributed by atoms with Crippen LogP contribution >= 0.6 is 0 Å². The third-order valence-electron chi connectivity index (χ3n) is 2.83. The monoisotopic (exact) mass is 299 g/mol. The third kappa shape index (κ3) is 3.03. The van der Waals surface area contributed by atoms with Crippen LogP contribution in [0.4, 0.5) is 4.39 Å². The van der Waals surface area contributed by atoms with Gasteiger partial charge in [0.15, 0.2) is 0 Å². The molecule has 2 aromatic rings. The Kier molecular flexibility index (Phi) is 4.17. The highest BCUT2D eigenvalue weighted by atomic mass is 32.2. The second-order valence-corrected chi connectivity index (χ2v) is 5.93. The molecule has 0 saturated carbocycles. The quantitative estimate of drug-likeness (QED) is 0.843. The van der Waals surface area contributed by atoms with Gasteiger partial charge in [0.05, 0.1) is 18.8 Å². The summed E-state index contributed by atoms with van der Waals surface area (Å²) in [5.74, 6) is -0.861. The molecule has 0 amide bonds. The number of halogens is 1. The summed E-state index contributed by atoms with van der Waals surface area (Å²) in [6.45, 7) is -0.355. The van der Waals surface area contributed by atoms with Gasteiger partial charge in [-0.05, 0) is 23.8 Å². The number of hydrogen-bond donors (Lipinski definition) is 2. The van der Waals surface area contributed by atoms with Crippen molar-refractivity contribution in [1.82, 2.24) is 14.5 Å². The van der Waals surface area contributed by atoms with E-state index in [1.807, 2.05) is 0 Å². The minimum Gasteiger partial charge on any atom is -0.392 e. The zero-order chi connectivity index (χ0) is 14.8. The number of hydrogen-bond acceptors (Lipinski definition) is 4. The van der Waals surface area contributed by atoms with Gasteiger partial charge in [0, 0.05) is 13.2 Å². The molecule has 0 unspecified atom stereocenters. The molecule has 0 saturated heterocycles. The molecule has 2 N–H and O–H groups in total. The normalized spacial score (nSPS) is 11.8. The van der Waals surface area contributed by atoms with Gasteiger partial charge in [0.1, 0.15) is 10.7 Å². The lowest BCUT2D eigenvalue weighted by Crippen LogP contribution is -2.25. The van der Waals surface area contributed by atoms with Crippen molar-refractivity contribution >= 4 is 10.0 Å². The van der Waals surface area contributed by atoms with Crippen LogP contribution in [0.3, 0.4) is 0 Å². The van der Waals surface area contributed by atoms with Crippen molar-refractivity contribution in [2.45, 2.75) is 18.0 Å². The molecule has 0 aliphatic heterocycles. The standard InChI is InChI=1S/C12H14FN3O3S/c1-16-10(4-5-14-16)7-15-20(18,19)12-6-9(8-17)2-3-11(12)13/h2-6,15,17H,7-8H2,1H3. The van der Waals surface area contributed by atoms with Crippen LogP contribution in [-0.2, 0) is 30.2 Å². The molecule has 0 fully saturated rings. The number of aromatic nitrogens is 2. The van der Waals surface area contributed by atoms with E-state index in [9.17, 15) is 12.8 Å². The maximum Gasteiger partial charge on any atom is 0.243 e. The average Bonchev–Trinajstić information content (AvgIpc) is 2.82. The second-order valence-electron chi connectivity index (χ2n) is 4.19. The van der Waals surface area contributed by atoms with Crippen LogP contribution in [0.1, 0.15) is 11.3 Å². The average molecular weight is 299 g/mol. The van der Waals surface area contributed by atoms with Gasteiger partial charge < -0.3 is 5.11 Å². The fourth-order valence-corrected chi connectivity index (χ4v) is 2.80. The largest absolute Gasteiger partial charge is 0.392 e. The Morgan fingerprint density at radius 1 is 1.40 bits per heavy atom. The Labute approximate surface area is 115 Å². The molecule has 0 spiro atoms. The number of aliphatic hydroxyl groups is 1. The first-order valence-electron chi connectivity index (χ1n) is 5.80. The van der Waals surface area contributed by atoms with E-state index < -0.39 is 20.7 Å². The van der Waals surface area contributed by atoms with Crippen LogP contribution < -0.4 is 4.72 Å². The molecule has 1 aromatic heterocycles. The number of nitrogens with zero attached hydrogens (tertiary/aromatic N) is 2. The second kappa shape index (κ2) is 5.70. The maximum atomic E-state index is 13.6. The van der Waals surface area contributed by atoms with Crippen LogP contribution in [0.5, 0.6) is 0 Å². The lowest BCUT2D eigenvalue weighted by Gasteiger charge is -2.09. The van der Waals surface area contributed by atoms with Gasteiger partial charge >= 0.3 is 0 Å². The van der Waals surface area contributed by atoms with E-state index in [0.717, 1.165) is 12.1 Å². The molecule has 2 rings (SSSR count). The molecule has 0 aliphatic carbocycles. The minimum atomic E-state index is -3.99. The summed E-state index contributed by atoms with van der Waals surface area (Å²) < 4.78 is 41.6. The summed E-state index contributed by atoms with van der Waals surface area (Å²) in [7, 11) is -2.32. The van der Waals surface area contributed by atoms with E-state index in [1.165, 1.54) is 16.9 Å². The number of aryl methyl sites for hydroxylation is 1. The Hall–Kier alpha value is -1.77. The Balaban J connectivity index is 2.24.